The van der Waals surface area contributed by atoms with Crippen LogP contribution in [0.3, 0.4) is 0 Å². The Morgan fingerprint density at radius 2 is 2.35 bits per heavy atom. The number of nitrogens with two attached hydrogens (primary N) is 1. The molecule has 2 heterocycles. The molecule has 17 heavy (non-hydrogen) atoms. The molecule has 4 heteroatoms. The largest absolute Gasteiger partial charge is 0.326 e. The maximum absolute atomic E-state index is 6.39. The molecule has 1 aromatic heterocycles. The number of rotatable bonds is 3. The quantitative estimate of drug-likeness (QED) is 0.919. The van der Waals surface area contributed by atoms with Gasteiger partial charge in [-0.3, -0.25) is 4.90 Å². The summed E-state index contributed by atoms with van der Waals surface area (Å²) < 4.78 is 1.19. The van der Waals surface area contributed by atoms with E-state index in [1.165, 1.54) is 35.2 Å². The third-order valence-electron chi connectivity index (χ3n) is 3.42. The van der Waals surface area contributed by atoms with Gasteiger partial charge in [0.25, 0.3) is 0 Å². The van der Waals surface area contributed by atoms with Gasteiger partial charge in [-0.15, -0.1) is 11.3 Å². The number of halogens is 1. The molecule has 2 unspecified atom stereocenters. The lowest BCUT2D eigenvalue weighted by atomic mass is 10.0. The van der Waals surface area contributed by atoms with Crippen LogP contribution < -0.4 is 5.73 Å². The van der Waals surface area contributed by atoms with Crippen LogP contribution in [-0.2, 0) is 0 Å². The van der Waals surface area contributed by atoms with Gasteiger partial charge < -0.3 is 5.73 Å². The SMILES string of the molecule is CCCN1CCCCC(N)C1c1cc(Br)cs1. The summed E-state index contributed by atoms with van der Waals surface area (Å²) in [6, 6.07) is 2.95. The molecule has 0 aliphatic carbocycles. The number of likely N-dealkylation sites (tertiary alicyclic amines) is 1. The molecule has 0 saturated carbocycles. The fourth-order valence-corrected chi connectivity index (χ4v) is 4.33. The highest BCUT2D eigenvalue weighted by atomic mass is 79.9. The minimum atomic E-state index is 0.287. The Balaban J connectivity index is 2.22. The van der Waals surface area contributed by atoms with Gasteiger partial charge in [0.15, 0.2) is 0 Å². The third-order valence-corrected chi connectivity index (χ3v) is 5.19. The van der Waals surface area contributed by atoms with E-state index < -0.39 is 0 Å². The molecule has 1 aliphatic heterocycles. The topological polar surface area (TPSA) is 29.3 Å². The minimum absolute atomic E-state index is 0.287. The molecule has 0 amide bonds. The summed E-state index contributed by atoms with van der Waals surface area (Å²) in [5.41, 5.74) is 6.39. The lowest BCUT2D eigenvalue weighted by Crippen LogP contribution is -2.39. The van der Waals surface area contributed by atoms with Crippen LogP contribution in [0, 0.1) is 0 Å². The zero-order chi connectivity index (χ0) is 12.3. The highest BCUT2D eigenvalue weighted by Gasteiger charge is 2.29. The second-order valence-electron chi connectivity index (χ2n) is 4.81. The van der Waals surface area contributed by atoms with Crippen molar-refractivity contribution in [1.29, 1.82) is 0 Å². The second kappa shape index (κ2) is 6.32. The lowest BCUT2D eigenvalue weighted by molar-refractivity contribution is 0.189. The second-order valence-corrected chi connectivity index (χ2v) is 6.67. The standard InChI is InChI=1S/C13H21BrN2S/c1-2-6-16-7-4-3-5-11(15)13(16)12-8-10(14)9-17-12/h8-9,11,13H,2-7,15H2,1H3. The summed E-state index contributed by atoms with van der Waals surface area (Å²) in [5.74, 6) is 0. The Morgan fingerprint density at radius 3 is 3.00 bits per heavy atom. The van der Waals surface area contributed by atoms with Gasteiger partial charge in [0, 0.05) is 20.8 Å². The zero-order valence-electron chi connectivity index (χ0n) is 10.4. The Bertz CT molecular complexity index is 353. The van der Waals surface area contributed by atoms with E-state index in [0.717, 1.165) is 13.0 Å². The first kappa shape index (κ1) is 13.5. The van der Waals surface area contributed by atoms with Crippen molar-refractivity contribution in [2.24, 2.45) is 5.73 Å². The first-order chi connectivity index (χ1) is 8.22. The third kappa shape index (κ3) is 3.31. The lowest BCUT2D eigenvalue weighted by Gasteiger charge is -2.32. The van der Waals surface area contributed by atoms with Crippen molar-refractivity contribution in [2.45, 2.75) is 44.7 Å². The smallest absolute Gasteiger partial charge is 0.0593 e. The Morgan fingerprint density at radius 1 is 1.53 bits per heavy atom. The summed E-state index contributed by atoms with van der Waals surface area (Å²) in [5, 5.41) is 2.16. The molecule has 1 aromatic rings. The molecule has 0 aromatic carbocycles. The molecule has 2 N–H and O–H groups in total. The number of hydrogen-bond donors (Lipinski definition) is 1. The minimum Gasteiger partial charge on any atom is -0.326 e. The summed E-state index contributed by atoms with van der Waals surface area (Å²) in [4.78, 5) is 4.00. The number of nitrogens with zero attached hydrogens (tertiary/aromatic N) is 1. The first-order valence-electron chi connectivity index (χ1n) is 6.46. The van der Waals surface area contributed by atoms with Crippen LogP contribution in [0.25, 0.3) is 0 Å². The Hall–Kier alpha value is 0.1000. The number of thiophene rings is 1. The van der Waals surface area contributed by atoms with Crippen molar-refractivity contribution in [3.05, 3.63) is 20.8 Å². The molecular weight excluding hydrogens is 296 g/mol. The molecule has 1 aliphatic rings. The van der Waals surface area contributed by atoms with Crippen molar-refractivity contribution < 1.29 is 0 Å². The van der Waals surface area contributed by atoms with Crippen LogP contribution in [0.15, 0.2) is 15.9 Å². The summed E-state index contributed by atoms with van der Waals surface area (Å²) in [6.07, 6.45) is 4.91. The van der Waals surface area contributed by atoms with Crippen molar-refractivity contribution in [3.8, 4) is 0 Å². The average molecular weight is 317 g/mol. The maximum Gasteiger partial charge on any atom is 0.0593 e. The zero-order valence-corrected chi connectivity index (χ0v) is 12.8. The Kier molecular flexibility index (Phi) is 5.03. The van der Waals surface area contributed by atoms with Crippen LogP contribution >= 0.6 is 27.3 Å². The maximum atomic E-state index is 6.39. The summed E-state index contributed by atoms with van der Waals surface area (Å²) in [7, 11) is 0. The fourth-order valence-electron chi connectivity index (χ4n) is 2.68. The van der Waals surface area contributed by atoms with E-state index in [4.69, 9.17) is 5.73 Å². The number of hydrogen-bond acceptors (Lipinski definition) is 3. The van der Waals surface area contributed by atoms with Gasteiger partial charge in [-0.25, -0.2) is 0 Å². The van der Waals surface area contributed by atoms with Gasteiger partial charge in [-0.1, -0.05) is 13.3 Å². The fraction of sp³-hybridized carbons (Fsp3) is 0.692. The summed E-state index contributed by atoms with van der Waals surface area (Å²) >= 11 is 5.38. The molecule has 2 nitrogen and oxygen atoms in total. The molecule has 1 fully saturated rings. The van der Waals surface area contributed by atoms with Gasteiger partial charge in [0.1, 0.15) is 0 Å². The average Bonchev–Trinajstić information content (AvgIpc) is 2.62. The molecule has 96 valence electrons. The van der Waals surface area contributed by atoms with E-state index in [1.807, 2.05) is 11.3 Å². The molecule has 1 saturated heterocycles. The van der Waals surface area contributed by atoms with E-state index in [9.17, 15) is 0 Å². The monoisotopic (exact) mass is 316 g/mol. The van der Waals surface area contributed by atoms with Gasteiger partial charge in [-0.05, 0) is 54.3 Å². The van der Waals surface area contributed by atoms with Crippen LogP contribution in [0.2, 0.25) is 0 Å². The summed E-state index contributed by atoms with van der Waals surface area (Å²) in [6.45, 7) is 4.60. The van der Waals surface area contributed by atoms with Gasteiger partial charge in [0.2, 0.25) is 0 Å². The predicted octanol–water partition coefficient (Wildman–Crippen LogP) is 3.77. The van der Waals surface area contributed by atoms with Crippen LogP contribution in [-0.4, -0.2) is 24.0 Å². The molecular formula is C13H21BrN2S. The Labute approximate surface area is 116 Å². The van der Waals surface area contributed by atoms with E-state index >= 15 is 0 Å². The molecule has 0 radical (unpaired) electrons. The molecule has 0 bridgehead atoms. The van der Waals surface area contributed by atoms with Crippen LogP contribution in [0.5, 0.6) is 0 Å². The molecule has 2 atom stereocenters. The predicted molar refractivity (Wildman–Crippen MR) is 78.5 cm³/mol. The van der Waals surface area contributed by atoms with Crippen LogP contribution in [0.1, 0.15) is 43.5 Å². The van der Waals surface area contributed by atoms with Gasteiger partial charge >= 0.3 is 0 Å². The van der Waals surface area contributed by atoms with Gasteiger partial charge in [0.05, 0.1) is 6.04 Å². The van der Waals surface area contributed by atoms with E-state index in [1.54, 1.807) is 0 Å². The van der Waals surface area contributed by atoms with Crippen molar-refractivity contribution >= 4 is 27.3 Å². The van der Waals surface area contributed by atoms with E-state index in [-0.39, 0.29) is 6.04 Å². The van der Waals surface area contributed by atoms with Gasteiger partial charge in [-0.2, -0.15) is 0 Å². The first-order valence-corrected chi connectivity index (χ1v) is 8.13. The van der Waals surface area contributed by atoms with Crippen LogP contribution in [0.4, 0.5) is 0 Å². The molecule has 2 rings (SSSR count). The highest BCUT2D eigenvalue weighted by molar-refractivity contribution is 9.10. The highest BCUT2D eigenvalue weighted by Crippen LogP contribution is 2.34. The van der Waals surface area contributed by atoms with Crippen molar-refractivity contribution in [2.75, 3.05) is 13.1 Å². The normalized spacial score (nSPS) is 27.0. The van der Waals surface area contributed by atoms with E-state index in [0.29, 0.717) is 6.04 Å². The van der Waals surface area contributed by atoms with Crippen molar-refractivity contribution in [1.82, 2.24) is 4.90 Å². The molecule has 0 spiro atoms. The van der Waals surface area contributed by atoms with E-state index in [2.05, 4.69) is 39.2 Å². The van der Waals surface area contributed by atoms with Crippen molar-refractivity contribution in [3.63, 3.8) is 0 Å².